The van der Waals surface area contributed by atoms with Crippen molar-refractivity contribution in [3.8, 4) is 0 Å². The fourth-order valence-corrected chi connectivity index (χ4v) is 5.00. The Morgan fingerprint density at radius 1 is 0.952 bits per heavy atom. The van der Waals surface area contributed by atoms with Gasteiger partial charge < -0.3 is 10.4 Å². The van der Waals surface area contributed by atoms with Gasteiger partial charge in [-0.2, -0.15) is 0 Å². The zero-order chi connectivity index (χ0) is 14.0. The van der Waals surface area contributed by atoms with Crippen LogP contribution in [0.2, 0.25) is 0 Å². The molecule has 0 amide bonds. The zero-order valence-electron chi connectivity index (χ0n) is 12.2. The lowest BCUT2D eigenvalue weighted by Crippen LogP contribution is -2.46. The third-order valence-electron chi connectivity index (χ3n) is 5.88. The maximum absolute atomic E-state index is 11.4. The third-order valence-corrected chi connectivity index (χ3v) is 5.88. The molecule has 2 aromatic rings. The zero-order valence-corrected chi connectivity index (χ0v) is 12.2. The number of fused-ring (bicyclic) bond motifs is 2. The van der Waals surface area contributed by atoms with E-state index in [9.17, 15) is 5.11 Å². The summed E-state index contributed by atoms with van der Waals surface area (Å²) >= 11 is 0. The molecular formula is C19H21NO. The van der Waals surface area contributed by atoms with Crippen LogP contribution in [0, 0.1) is 0 Å². The van der Waals surface area contributed by atoms with Gasteiger partial charge in [-0.1, -0.05) is 30.3 Å². The second-order valence-corrected chi connectivity index (χ2v) is 7.19. The molecule has 2 heteroatoms. The average Bonchev–Trinajstić information content (AvgIpc) is 3.05. The number of aliphatic hydroxyl groups is 1. The van der Waals surface area contributed by atoms with Crippen LogP contribution in [-0.2, 0) is 18.4 Å². The monoisotopic (exact) mass is 279 g/mol. The molecule has 2 nitrogen and oxygen atoms in total. The smallest absolute Gasteiger partial charge is 0.0932 e. The molecule has 2 aliphatic heterocycles. The number of piperidine rings is 1. The molecule has 2 unspecified atom stereocenters. The number of benzene rings is 2. The van der Waals surface area contributed by atoms with E-state index < -0.39 is 5.60 Å². The molecule has 2 bridgehead atoms. The molecule has 5 rings (SSSR count). The van der Waals surface area contributed by atoms with Gasteiger partial charge in [0, 0.05) is 12.1 Å². The van der Waals surface area contributed by atoms with Gasteiger partial charge in [0.2, 0.25) is 0 Å². The second-order valence-electron chi connectivity index (χ2n) is 7.19. The Morgan fingerprint density at radius 2 is 1.67 bits per heavy atom. The fraction of sp³-hybridized carbons (Fsp3) is 0.474. The normalized spacial score (nSPS) is 33.8. The summed E-state index contributed by atoms with van der Waals surface area (Å²) in [5.41, 5.74) is 3.45. The summed E-state index contributed by atoms with van der Waals surface area (Å²) < 4.78 is 0. The summed E-state index contributed by atoms with van der Waals surface area (Å²) in [6.07, 6.45) is 6.47. The molecular weight excluding hydrogens is 258 g/mol. The first kappa shape index (κ1) is 12.2. The maximum atomic E-state index is 11.4. The molecule has 0 radical (unpaired) electrons. The van der Waals surface area contributed by atoms with E-state index in [2.05, 4.69) is 35.6 Å². The molecule has 2 atom stereocenters. The van der Waals surface area contributed by atoms with Crippen molar-refractivity contribution in [3.63, 3.8) is 0 Å². The quantitative estimate of drug-likeness (QED) is 0.841. The highest BCUT2D eigenvalue weighted by Crippen LogP contribution is 2.44. The van der Waals surface area contributed by atoms with Crippen molar-refractivity contribution >= 4 is 10.8 Å². The molecule has 2 aromatic carbocycles. The molecule has 2 N–H and O–H groups in total. The van der Waals surface area contributed by atoms with Gasteiger partial charge in [0.1, 0.15) is 0 Å². The van der Waals surface area contributed by atoms with E-state index in [1.54, 1.807) is 0 Å². The van der Waals surface area contributed by atoms with Crippen LogP contribution in [-0.4, -0.2) is 17.2 Å². The summed E-state index contributed by atoms with van der Waals surface area (Å²) in [7, 11) is 0. The van der Waals surface area contributed by atoms with E-state index in [-0.39, 0.29) is 0 Å². The lowest BCUT2D eigenvalue weighted by molar-refractivity contribution is -0.0101. The van der Waals surface area contributed by atoms with Crippen LogP contribution in [0.25, 0.3) is 10.8 Å². The minimum atomic E-state index is -0.642. The summed E-state index contributed by atoms with van der Waals surface area (Å²) in [5, 5.41) is 17.7. The fourth-order valence-electron chi connectivity index (χ4n) is 5.00. The predicted octanol–water partition coefficient (Wildman–Crippen LogP) is 3.04. The molecule has 0 saturated carbocycles. The van der Waals surface area contributed by atoms with E-state index in [4.69, 9.17) is 0 Å². The Balaban J connectivity index is 1.72. The number of nitrogens with one attached hydrogen (secondary N) is 1. The number of aryl methyl sites for hydroxylation is 2. The van der Waals surface area contributed by atoms with Crippen molar-refractivity contribution in [2.24, 2.45) is 0 Å². The molecule has 2 fully saturated rings. The number of hydrogen-bond acceptors (Lipinski definition) is 2. The van der Waals surface area contributed by atoms with E-state index in [1.165, 1.54) is 40.3 Å². The van der Waals surface area contributed by atoms with Crippen LogP contribution in [0.3, 0.4) is 0 Å². The Labute approximate surface area is 125 Å². The van der Waals surface area contributed by atoms with E-state index >= 15 is 0 Å². The van der Waals surface area contributed by atoms with Gasteiger partial charge >= 0.3 is 0 Å². The van der Waals surface area contributed by atoms with Crippen LogP contribution in [0.5, 0.6) is 0 Å². The van der Waals surface area contributed by atoms with Gasteiger partial charge in [0.15, 0.2) is 0 Å². The first-order valence-electron chi connectivity index (χ1n) is 8.25. The molecule has 108 valence electrons. The first-order chi connectivity index (χ1) is 10.2. The summed E-state index contributed by atoms with van der Waals surface area (Å²) in [6, 6.07) is 12.1. The van der Waals surface area contributed by atoms with Gasteiger partial charge in [-0.05, 0) is 66.0 Å². The van der Waals surface area contributed by atoms with Crippen molar-refractivity contribution in [2.45, 2.75) is 56.2 Å². The van der Waals surface area contributed by atoms with Crippen molar-refractivity contribution in [2.75, 3.05) is 0 Å². The third kappa shape index (κ3) is 1.66. The van der Waals surface area contributed by atoms with Gasteiger partial charge in [-0.25, -0.2) is 0 Å². The van der Waals surface area contributed by atoms with Crippen molar-refractivity contribution in [3.05, 3.63) is 47.0 Å². The van der Waals surface area contributed by atoms with E-state index in [0.717, 1.165) is 25.7 Å². The molecule has 21 heavy (non-hydrogen) atoms. The summed E-state index contributed by atoms with van der Waals surface area (Å²) in [4.78, 5) is 0. The van der Waals surface area contributed by atoms with Crippen molar-refractivity contribution < 1.29 is 5.11 Å². The molecule has 2 heterocycles. The Morgan fingerprint density at radius 3 is 2.43 bits per heavy atom. The Bertz CT molecular complexity index is 713. The van der Waals surface area contributed by atoms with Gasteiger partial charge in [-0.15, -0.1) is 0 Å². The van der Waals surface area contributed by atoms with Gasteiger partial charge in [0.05, 0.1) is 5.60 Å². The largest absolute Gasteiger partial charge is 0.385 e. The summed E-state index contributed by atoms with van der Waals surface area (Å²) in [5.74, 6) is 0. The van der Waals surface area contributed by atoms with Crippen LogP contribution in [0.15, 0.2) is 30.3 Å². The molecule has 3 aliphatic rings. The highest BCUT2D eigenvalue weighted by Gasteiger charge is 2.44. The molecule has 2 saturated heterocycles. The second kappa shape index (κ2) is 4.08. The van der Waals surface area contributed by atoms with Crippen LogP contribution in [0.1, 0.15) is 42.4 Å². The minimum absolute atomic E-state index is 0.497. The minimum Gasteiger partial charge on any atom is -0.385 e. The highest BCUT2D eigenvalue weighted by molar-refractivity contribution is 5.93. The van der Waals surface area contributed by atoms with Crippen LogP contribution >= 0.6 is 0 Å². The van der Waals surface area contributed by atoms with E-state index in [0.29, 0.717) is 12.1 Å². The van der Waals surface area contributed by atoms with Gasteiger partial charge in [0.25, 0.3) is 0 Å². The SMILES string of the molecule is OC1(c2ccc3c4c(cccc24)CC3)CC2CCC(C1)N2. The topological polar surface area (TPSA) is 32.3 Å². The maximum Gasteiger partial charge on any atom is 0.0932 e. The number of hydrogen-bond donors (Lipinski definition) is 2. The van der Waals surface area contributed by atoms with Gasteiger partial charge in [-0.3, -0.25) is 0 Å². The lowest BCUT2D eigenvalue weighted by atomic mass is 9.79. The highest BCUT2D eigenvalue weighted by atomic mass is 16.3. The Hall–Kier alpha value is -1.38. The lowest BCUT2D eigenvalue weighted by Gasteiger charge is -2.38. The van der Waals surface area contributed by atoms with Crippen molar-refractivity contribution in [1.82, 2.24) is 5.32 Å². The number of rotatable bonds is 1. The van der Waals surface area contributed by atoms with Crippen LogP contribution in [0.4, 0.5) is 0 Å². The average molecular weight is 279 g/mol. The summed E-state index contributed by atoms with van der Waals surface area (Å²) in [6.45, 7) is 0. The first-order valence-corrected chi connectivity index (χ1v) is 8.25. The Kier molecular flexibility index (Phi) is 2.37. The molecule has 1 aliphatic carbocycles. The molecule has 0 aromatic heterocycles. The van der Waals surface area contributed by atoms with E-state index in [1.807, 2.05) is 0 Å². The standard InChI is InChI=1S/C19H21NO/c21-19(10-14-7-8-15(11-19)20-14)17-9-6-13-5-4-12-2-1-3-16(17)18(12)13/h1-3,6,9,14-15,20-21H,4-5,7-8,10-11H2. The van der Waals surface area contributed by atoms with Crippen molar-refractivity contribution in [1.29, 1.82) is 0 Å². The molecule has 0 spiro atoms. The van der Waals surface area contributed by atoms with Crippen LogP contribution < -0.4 is 5.32 Å². The predicted molar refractivity (Wildman–Crippen MR) is 84.4 cm³/mol.